The quantitative estimate of drug-likeness (QED) is 0.625. The Morgan fingerprint density at radius 2 is 2.05 bits per heavy atom. The fraction of sp³-hybridized carbons (Fsp3) is 0.462. The second-order valence-corrected chi connectivity index (χ2v) is 6.83. The molecule has 5 nitrogen and oxygen atoms in total. The topological polar surface area (TPSA) is 70.6 Å². The van der Waals surface area contributed by atoms with Gasteiger partial charge in [0.05, 0.1) is 5.75 Å². The number of halogens is 1. The molecule has 0 unspecified atom stereocenters. The summed E-state index contributed by atoms with van der Waals surface area (Å²) < 4.78 is 35.4. The Kier molecular flexibility index (Phi) is 5.94. The Hall–Kier alpha value is -1.63. The Balaban J connectivity index is 2.47. The SMILES string of the molecule is CN=C(NCCS(C)(=O)=O)NCc1ccc(C)c(F)c1. The van der Waals surface area contributed by atoms with E-state index in [0.717, 1.165) is 5.56 Å². The summed E-state index contributed by atoms with van der Waals surface area (Å²) in [5.41, 5.74) is 1.39. The molecule has 0 atom stereocenters. The average molecular weight is 301 g/mol. The van der Waals surface area contributed by atoms with E-state index in [4.69, 9.17) is 0 Å². The number of hydrogen-bond donors (Lipinski definition) is 2. The van der Waals surface area contributed by atoms with Crippen LogP contribution in [0.5, 0.6) is 0 Å². The number of nitrogens with one attached hydrogen (secondary N) is 2. The van der Waals surface area contributed by atoms with Gasteiger partial charge in [0.25, 0.3) is 0 Å². The third-order valence-electron chi connectivity index (χ3n) is 2.69. The van der Waals surface area contributed by atoms with Gasteiger partial charge < -0.3 is 10.6 Å². The third-order valence-corrected chi connectivity index (χ3v) is 3.63. The molecule has 7 heteroatoms. The van der Waals surface area contributed by atoms with Gasteiger partial charge in [0, 0.05) is 26.4 Å². The molecule has 0 aliphatic heterocycles. The van der Waals surface area contributed by atoms with Gasteiger partial charge in [-0.1, -0.05) is 12.1 Å². The van der Waals surface area contributed by atoms with Gasteiger partial charge in [-0.3, -0.25) is 4.99 Å². The first kappa shape index (κ1) is 16.4. The van der Waals surface area contributed by atoms with E-state index < -0.39 is 9.84 Å². The van der Waals surface area contributed by atoms with Crippen LogP contribution in [0.1, 0.15) is 11.1 Å². The molecule has 0 fully saturated rings. The summed E-state index contributed by atoms with van der Waals surface area (Å²) in [4.78, 5) is 3.97. The predicted octanol–water partition coefficient (Wildman–Crippen LogP) is 0.844. The number of guanidine groups is 1. The van der Waals surface area contributed by atoms with E-state index in [1.165, 1.54) is 12.3 Å². The van der Waals surface area contributed by atoms with E-state index in [0.29, 0.717) is 18.1 Å². The summed E-state index contributed by atoms with van der Waals surface area (Å²) >= 11 is 0. The Morgan fingerprint density at radius 1 is 1.35 bits per heavy atom. The Morgan fingerprint density at radius 3 is 2.60 bits per heavy atom. The molecule has 0 amide bonds. The maximum atomic E-state index is 13.4. The van der Waals surface area contributed by atoms with Crippen molar-refractivity contribution in [2.24, 2.45) is 4.99 Å². The molecule has 20 heavy (non-hydrogen) atoms. The number of benzene rings is 1. The lowest BCUT2D eigenvalue weighted by Gasteiger charge is -2.11. The third kappa shape index (κ3) is 6.01. The zero-order chi connectivity index (χ0) is 15.2. The highest BCUT2D eigenvalue weighted by atomic mass is 32.2. The highest BCUT2D eigenvalue weighted by Gasteiger charge is 2.04. The number of hydrogen-bond acceptors (Lipinski definition) is 3. The highest BCUT2D eigenvalue weighted by Crippen LogP contribution is 2.08. The van der Waals surface area contributed by atoms with Crippen molar-refractivity contribution in [2.45, 2.75) is 13.5 Å². The van der Waals surface area contributed by atoms with Crippen molar-refractivity contribution in [1.29, 1.82) is 0 Å². The molecule has 0 saturated carbocycles. The fourth-order valence-corrected chi connectivity index (χ4v) is 1.98. The second-order valence-electron chi connectivity index (χ2n) is 4.57. The lowest BCUT2D eigenvalue weighted by Crippen LogP contribution is -2.39. The molecular formula is C13H20FN3O2S. The molecule has 1 aromatic rings. The van der Waals surface area contributed by atoms with Crippen LogP contribution in [0.25, 0.3) is 0 Å². The van der Waals surface area contributed by atoms with Gasteiger partial charge in [0.1, 0.15) is 15.7 Å². The van der Waals surface area contributed by atoms with Gasteiger partial charge in [0.15, 0.2) is 5.96 Å². The van der Waals surface area contributed by atoms with Gasteiger partial charge in [-0.05, 0) is 24.1 Å². The van der Waals surface area contributed by atoms with Crippen LogP contribution in [-0.4, -0.2) is 40.0 Å². The monoisotopic (exact) mass is 301 g/mol. The number of rotatable bonds is 5. The van der Waals surface area contributed by atoms with Crippen LogP contribution in [0.4, 0.5) is 4.39 Å². The van der Waals surface area contributed by atoms with Crippen LogP contribution < -0.4 is 10.6 Å². The molecule has 0 heterocycles. The van der Waals surface area contributed by atoms with Gasteiger partial charge in [0.2, 0.25) is 0 Å². The Labute approximate surface area is 119 Å². The molecule has 0 saturated heterocycles. The first-order valence-corrected chi connectivity index (χ1v) is 8.25. The highest BCUT2D eigenvalue weighted by molar-refractivity contribution is 7.90. The van der Waals surface area contributed by atoms with Crippen molar-refractivity contribution in [2.75, 3.05) is 25.6 Å². The number of aliphatic imine (C=N–C) groups is 1. The molecule has 0 radical (unpaired) electrons. The lowest BCUT2D eigenvalue weighted by molar-refractivity contribution is 0.600. The normalized spacial score (nSPS) is 12.3. The van der Waals surface area contributed by atoms with Gasteiger partial charge >= 0.3 is 0 Å². The summed E-state index contributed by atoms with van der Waals surface area (Å²) in [5, 5.41) is 5.88. The Bertz CT molecular complexity index is 585. The van der Waals surface area contributed by atoms with Crippen molar-refractivity contribution < 1.29 is 12.8 Å². The van der Waals surface area contributed by atoms with Crippen LogP contribution in [-0.2, 0) is 16.4 Å². The van der Waals surface area contributed by atoms with E-state index >= 15 is 0 Å². The zero-order valence-electron chi connectivity index (χ0n) is 11.9. The van der Waals surface area contributed by atoms with Crippen molar-refractivity contribution in [1.82, 2.24) is 10.6 Å². The molecule has 0 bridgehead atoms. The summed E-state index contributed by atoms with van der Waals surface area (Å²) in [6.45, 7) is 2.40. The van der Waals surface area contributed by atoms with E-state index in [1.807, 2.05) is 6.07 Å². The predicted molar refractivity (Wildman–Crippen MR) is 79.0 cm³/mol. The van der Waals surface area contributed by atoms with E-state index in [2.05, 4.69) is 15.6 Å². The molecule has 0 aliphatic carbocycles. The summed E-state index contributed by atoms with van der Waals surface area (Å²) in [6, 6.07) is 5.01. The zero-order valence-corrected chi connectivity index (χ0v) is 12.7. The lowest BCUT2D eigenvalue weighted by atomic mass is 10.1. The second kappa shape index (κ2) is 7.23. The van der Waals surface area contributed by atoms with Gasteiger partial charge in [-0.25, -0.2) is 12.8 Å². The van der Waals surface area contributed by atoms with Crippen LogP contribution in [0.15, 0.2) is 23.2 Å². The van der Waals surface area contributed by atoms with Crippen LogP contribution >= 0.6 is 0 Å². The van der Waals surface area contributed by atoms with Crippen molar-refractivity contribution in [3.05, 3.63) is 35.1 Å². The minimum atomic E-state index is -3.00. The minimum Gasteiger partial charge on any atom is -0.355 e. The molecular weight excluding hydrogens is 281 g/mol. The molecule has 0 aliphatic rings. The first-order chi connectivity index (χ1) is 9.31. The maximum Gasteiger partial charge on any atom is 0.191 e. The number of aryl methyl sites for hydroxylation is 1. The summed E-state index contributed by atoms with van der Waals surface area (Å²) in [7, 11) is -1.41. The van der Waals surface area contributed by atoms with Gasteiger partial charge in [-0.2, -0.15) is 0 Å². The molecule has 2 N–H and O–H groups in total. The molecule has 1 rings (SSSR count). The van der Waals surface area contributed by atoms with Crippen molar-refractivity contribution in [3.8, 4) is 0 Å². The fourth-order valence-electron chi connectivity index (χ4n) is 1.51. The molecule has 1 aromatic carbocycles. The van der Waals surface area contributed by atoms with Gasteiger partial charge in [-0.15, -0.1) is 0 Å². The smallest absolute Gasteiger partial charge is 0.191 e. The molecule has 0 aromatic heterocycles. The number of nitrogens with zero attached hydrogens (tertiary/aromatic N) is 1. The first-order valence-electron chi connectivity index (χ1n) is 6.19. The largest absolute Gasteiger partial charge is 0.355 e. The molecule has 0 spiro atoms. The van der Waals surface area contributed by atoms with E-state index in [-0.39, 0.29) is 18.1 Å². The van der Waals surface area contributed by atoms with Crippen LogP contribution in [0, 0.1) is 12.7 Å². The maximum absolute atomic E-state index is 13.4. The number of sulfone groups is 1. The summed E-state index contributed by atoms with van der Waals surface area (Å²) in [5.74, 6) is 0.270. The van der Waals surface area contributed by atoms with Crippen LogP contribution in [0.3, 0.4) is 0 Å². The van der Waals surface area contributed by atoms with Crippen LogP contribution in [0.2, 0.25) is 0 Å². The van der Waals surface area contributed by atoms with Crippen molar-refractivity contribution in [3.63, 3.8) is 0 Å². The van der Waals surface area contributed by atoms with E-state index in [9.17, 15) is 12.8 Å². The standard InChI is InChI=1S/C13H20FN3O2S/c1-10-4-5-11(8-12(10)14)9-17-13(15-2)16-6-7-20(3,18)19/h4-5,8H,6-7,9H2,1-3H3,(H2,15,16,17). The summed E-state index contributed by atoms with van der Waals surface area (Å²) in [6.07, 6.45) is 1.18. The average Bonchev–Trinajstić information content (AvgIpc) is 2.36. The van der Waals surface area contributed by atoms with Crippen molar-refractivity contribution >= 4 is 15.8 Å². The minimum absolute atomic E-state index is 0.0346. The van der Waals surface area contributed by atoms with E-state index in [1.54, 1.807) is 20.0 Å². The molecule has 112 valence electrons.